The fourth-order valence-corrected chi connectivity index (χ4v) is 3.13. The molecule has 1 atom stereocenters. The van der Waals surface area contributed by atoms with Gasteiger partial charge in [-0.25, -0.2) is 9.98 Å². The van der Waals surface area contributed by atoms with Crippen LogP contribution in [0, 0.1) is 0 Å². The average molecular weight is 378 g/mol. The number of aliphatic imine (C=N–C) groups is 2. The molecule has 122 valence electrons. The lowest BCUT2D eigenvalue weighted by Crippen LogP contribution is -2.17. The molecule has 3 rings (SSSR count). The number of hydrogen-bond acceptors (Lipinski definition) is 3. The minimum absolute atomic E-state index is 0.0365. The van der Waals surface area contributed by atoms with Crippen molar-refractivity contribution in [3.05, 3.63) is 34.3 Å². The van der Waals surface area contributed by atoms with Gasteiger partial charge in [-0.15, -0.1) is 0 Å². The van der Waals surface area contributed by atoms with Crippen LogP contribution < -0.4 is 5.73 Å². The van der Waals surface area contributed by atoms with Crippen LogP contribution in [0.1, 0.15) is 31.8 Å². The number of halogens is 1. The predicted molar refractivity (Wildman–Crippen MR) is 95.9 cm³/mol. The first-order valence-corrected chi connectivity index (χ1v) is 8.45. The second-order valence-corrected chi connectivity index (χ2v) is 6.79. The maximum absolute atomic E-state index is 5.95. The molecular weight excluding hydrogens is 358 g/mol. The van der Waals surface area contributed by atoms with Crippen molar-refractivity contribution in [1.29, 1.82) is 0 Å². The molecule has 0 amide bonds. The summed E-state index contributed by atoms with van der Waals surface area (Å²) in [5.41, 5.74) is 7.30. The molecule has 1 aliphatic heterocycles. The highest BCUT2D eigenvalue weighted by Gasteiger charge is 2.27. The molecule has 0 radical (unpaired) electrons. The maximum Gasteiger partial charge on any atom is 0.176 e. The standard InChI is InChI=1S/C16H20BrN5O/c1-10(2)20-15(19-9-18)13-8-22-5-6-23-14-7-11(17)3-4-12(14)16(22)21-13/h3-4,8-10,14H,5-7H2,1-2H3,(H2,18,19,20). The van der Waals surface area contributed by atoms with E-state index in [1.165, 1.54) is 6.34 Å². The van der Waals surface area contributed by atoms with E-state index in [-0.39, 0.29) is 12.1 Å². The van der Waals surface area contributed by atoms with E-state index in [4.69, 9.17) is 15.5 Å². The van der Waals surface area contributed by atoms with Crippen molar-refractivity contribution in [2.45, 2.75) is 39.0 Å². The summed E-state index contributed by atoms with van der Waals surface area (Å²) in [5, 5.41) is 0. The molecule has 2 heterocycles. The van der Waals surface area contributed by atoms with Gasteiger partial charge >= 0.3 is 0 Å². The first-order valence-electron chi connectivity index (χ1n) is 7.66. The minimum Gasteiger partial charge on any atom is -0.390 e. The topological polar surface area (TPSA) is 77.8 Å². The number of amidine groups is 1. The normalized spacial score (nSPS) is 21.7. The average Bonchev–Trinajstić information content (AvgIpc) is 2.83. The van der Waals surface area contributed by atoms with E-state index in [0.717, 1.165) is 34.5 Å². The number of imidazole rings is 1. The third-order valence-electron chi connectivity index (χ3n) is 3.66. The number of rotatable bonds is 2. The number of aromatic nitrogens is 2. The molecule has 1 unspecified atom stereocenters. The Bertz CT molecular complexity index is 714. The molecule has 7 heteroatoms. The number of nitrogens with two attached hydrogens (primary N) is 1. The Hall–Kier alpha value is -1.73. The lowest BCUT2D eigenvalue weighted by atomic mass is 10.0. The number of nitrogens with zero attached hydrogens (tertiary/aromatic N) is 4. The van der Waals surface area contributed by atoms with Gasteiger partial charge in [-0.2, -0.15) is 0 Å². The van der Waals surface area contributed by atoms with Crippen LogP contribution in [0.4, 0.5) is 0 Å². The van der Waals surface area contributed by atoms with Crippen molar-refractivity contribution in [3.8, 4) is 0 Å². The van der Waals surface area contributed by atoms with Crippen molar-refractivity contribution < 1.29 is 4.74 Å². The van der Waals surface area contributed by atoms with Gasteiger partial charge in [-0.3, -0.25) is 4.99 Å². The molecular formula is C16H20BrN5O. The van der Waals surface area contributed by atoms with Crippen LogP contribution in [0.3, 0.4) is 0 Å². The van der Waals surface area contributed by atoms with Crippen LogP contribution in [0.25, 0.3) is 5.57 Å². The summed E-state index contributed by atoms with van der Waals surface area (Å²) < 4.78 is 9.20. The molecule has 0 fully saturated rings. The molecule has 2 N–H and O–H groups in total. The molecule has 1 aliphatic carbocycles. The zero-order chi connectivity index (χ0) is 16.4. The zero-order valence-electron chi connectivity index (χ0n) is 13.2. The van der Waals surface area contributed by atoms with Crippen LogP contribution in [0.15, 0.2) is 32.8 Å². The van der Waals surface area contributed by atoms with Crippen LogP contribution in [0.5, 0.6) is 0 Å². The fraction of sp³-hybridized carbons (Fsp3) is 0.438. The van der Waals surface area contributed by atoms with E-state index in [9.17, 15) is 0 Å². The Balaban J connectivity index is 2.04. The van der Waals surface area contributed by atoms with Gasteiger partial charge in [0.25, 0.3) is 0 Å². The highest BCUT2D eigenvalue weighted by atomic mass is 79.9. The van der Waals surface area contributed by atoms with Gasteiger partial charge in [0.15, 0.2) is 5.84 Å². The third kappa shape index (κ3) is 3.45. The van der Waals surface area contributed by atoms with Gasteiger partial charge in [-0.1, -0.05) is 28.1 Å². The summed E-state index contributed by atoms with van der Waals surface area (Å²) in [6, 6.07) is 0.124. The molecule has 23 heavy (non-hydrogen) atoms. The predicted octanol–water partition coefficient (Wildman–Crippen LogP) is 2.49. The Labute approximate surface area is 144 Å². The van der Waals surface area contributed by atoms with Crippen LogP contribution in [-0.2, 0) is 11.3 Å². The second-order valence-electron chi connectivity index (χ2n) is 5.77. The molecule has 6 nitrogen and oxygen atoms in total. The number of ether oxygens (including phenoxy) is 1. The van der Waals surface area contributed by atoms with E-state index in [1.807, 2.05) is 20.0 Å². The monoisotopic (exact) mass is 377 g/mol. The summed E-state index contributed by atoms with van der Waals surface area (Å²) in [5.74, 6) is 1.48. The van der Waals surface area contributed by atoms with E-state index >= 15 is 0 Å². The van der Waals surface area contributed by atoms with Gasteiger partial charge in [0.05, 0.1) is 19.0 Å². The van der Waals surface area contributed by atoms with Gasteiger partial charge in [0.2, 0.25) is 0 Å². The molecule has 0 saturated carbocycles. The van der Waals surface area contributed by atoms with Crippen LogP contribution in [0.2, 0.25) is 0 Å². The van der Waals surface area contributed by atoms with Crippen molar-refractivity contribution in [2.75, 3.05) is 6.61 Å². The molecule has 1 aromatic rings. The van der Waals surface area contributed by atoms with Crippen molar-refractivity contribution in [1.82, 2.24) is 9.55 Å². The number of fused-ring (bicyclic) bond motifs is 3. The summed E-state index contributed by atoms with van der Waals surface area (Å²) in [6.45, 7) is 5.42. The first kappa shape index (κ1) is 16.1. The molecule has 1 aromatic heterocycles. The van der Waals surface area contributed by atoms with Crippen molar-refractivity contribution in [3.63, 3.8) is 0 Å². The summed E-state index contributed by atoms with van der Waals surface area (Å²) in [7, 11) is 0. The van der Waals surface area contributed by atoms with Crippen LogP contribution in [-0.4, -0.2) is 40.5 Å². The van der Waals surface area contributed by atoms with Gasteiger partial charge in [-0.05, 0) is 18.3 Å². The SMILES string of the molecule is CC(C)N=C(N=CN)c1cn2c(n1)C1=CC=C(Br)CC1OCC2. The second kappa shape index (κ2) is 6.80. The first-order chi connectivity index (χ1) is 11.1. The van der Waals surface area contributed by atoms with E-state index in [0.29, 0.717) is 12.4 Å². The highest BCUT2D eigenvalue weighted by molar-refractivity contribution is 9.11. The lowest BCUT2D eigenvalue weighted by Gasteiger charge is -2.20. The van der Waals surface area contributed by atoms with E-state index in [1.54, 1.807) is 0 Å². The van der Waals surface area contributed by atoms with E-state index < -0.39 is 0 Å². The van der Waals surface area contributed by atoms with Crippen LogP contribution >= 0.6 is 15.9 Å². The molecule has 2 aliphatic rings. The Morgan fingerprint density at radius 2 is 2.35 bits per heavy atom. The Morgan fingerprint density at radius 1 is 1.52 bits per heavy atom. The number of allylic oxidation sites excluding steroid dienone is 2. The van der Waals surface area contributed by atoms with Gasteiger partial charge in [0, 0.05) is 30.8 Å². The largest absolute Gasteiger partial charge is 0.390 e. The van der Waals surface area contributed by atoms with E-state index in [2.05, 4.69) is 42.6 Å². The fourth-order valence-electron chi connectivity index (χ4n) is 2.71. The lowest BCUT2D eigenvalue weighted by molar-refractivity contribution is 0.0921. The zero-order valence-corrected chi connectivity index (χ0v) is 14.8. The summed E-state index contributed by atoms with van der Waals surface area (Å²) in [6.07, 6.45) is 8.23. The third-order valence-corrected chi connectivity index (χ3v) is 4.25. The molecule has 0 saturated heterocycles. The van der Waals surface area contributed by atoms with Crippen molar-refractivity contribution in [2.24, 2.45) is 15.7 Å². The summed E-state index contributed by atoms with van der Waals surface area (Å²) in [4.78, 5) is 13.4. The number of hydrogen-bond donors (Lipinski definition) is 1. The highest BCUT2D eigenvalue weighted by Crippen LogP contribution is 2.33. The quantitative estimate of drug-likeness (QED) is 0.635. The van der Waals surface area contributed by atoms with Gasteiger partial charge < -0.3 is 15.0 Å². The minimum atomic E-state index is 0.0365. The Kier molecular flexibility index (Phi) is 4.77. The summed E-state index contributed by atoms with van der Waals surface area (Å²) >= 11 is 3.55. The molecule has 0 aromatic carbocycles. The van der Waals surface area contributed by atoms with Gasteiger partial charge in [0.1, 0.15) is 11.5 Å². The van der Waals surface area contributed by atoms with Crippen molar-refractivity contribution >= 4 is 33.7 Å². The Morgan fingerprint density at radius 3 is 3.09 bits per heavy atom. The molecule has 0 bridgehead atoms. The smallest absolute Gasteiger partial charge is 0.176 e. The molecule has 0 spiro atoms. The maximum atomic E-state index is 5.95.